The van der Waals surface area contributed by atoms with Crippen LogP contribution in [-0.2, 0) is 4.74 Å². The van der Waals surface area contributed by atoms with Gasteiger partial charge in [-0.3, -0.25) is 0 Å². The fraction of sp³-hybridized carbons (Fsp3) is 1.00. The first kappa shape index (κ1) is 10.8. The van der Waals surface area contributed by atoms with Crippen molar-refractivity contribution in [3.8, 4) is 0 Å². The van der Waals surface area contributed by atoms with Crippen LogP contribution in [0.1, 0.15) is 13.3 Å². The summed E-state index contributed by atoms with van der Waals surface area (Å²) in [7, 11) is 1.68. The van der Waals surface area contributed by atoms with Gasteiger partial charge in [0.05, 0.1) is 6.10 Å². The highest BCUT2D eigenvalue weighted by atomic mass is 19.4. The van der Waals surface area contributed by atoms with Gasteiger partial charge in [-0.25, -0.2) is 0 Å². The Morgan fingerprint density at radius 1 is 1.38 bits per heavy atom. The maximum Gasteiger partial charge on any atom is 0.415 e. The Kier molecular flexibility index (Phi) is 3.18. The van der Waals surface area contributed by atoms with E-state index in [4.69, 9.17) is 4.74 Å². The van der Waals surface area contributed by atoms with Gasteiger partial charge in [-0.15, -0.1) is 0 Å². The summed E-state index contributed by atoms with van der Waals surface area (Å²) in [4.78, 5) is 1.65. The van der Waals surface area contributed by atoms with Gasteiger partial charge in [0.15, 0.2) is 6.10 Å². The first-order valence-corrected chi connectivity index (χ1v) is 4.30. The van der Waals surface area contributed by atoms with Crippen LogP contribution in [0.25, 0.3) is 0 Å². The molecule has 0 amide bonds. The average molecular weight is 197 g/mol. The van der Waals surface area contributed by atoms with Crippen molar-refractivity contribution in [2.24, 2.45) is 0 Å². The average Bonchev–Trinajstić information content (AvgIpc) is 2.12. The summed E-state index contributed by atoms with van der Waals surface area (Å²) in [5.74, 6) is 0. The molecule has 1 heterocycles. The molecule has 1 saturated heterocycles. The largest absolute Gasteiger partial charge is 0.415 e. The first-order chi connectivity index (χ1) is 5.89. The lowest BCUT2D eigenvalue weighted by Crippen LogP contribution is -2.40. The maximum atomic E-state index is 12.3. The van der Waals surface area contributed by atoms with Crippen LogP contribution in [-0.4, -0.2) is 43.4 Å². The molecule has 0 radical (unpaired) electrons. The van der Waals surface area contributed by atoms with Crippen LogP contribution in [0.15, 0.2) is 0 Å². The smallest absolute Gasteiger partial charge is 0.364 e. The Hall–Kier alpha value is -0.290. The van der Waals surface area contributed by atoms with E-state index in [0.29, 0.717) is 13.0 Å². The minimum absolute atomic E-state index is 0.0617. The number of rotatable bonds is 0. The summed E-state index contributed by atoms with van der Waals surface area (Å²) in [5, 5.41) is 0. The lowest BCUT2D eigenvalue weighted by molar-refractivity contribution is -0.229. The monoisotopic (exact) mass is 197 g/mol. The predicted molar refractivity (Wildman–Crippen MR) is 42.5 cm³/mol. The van der Waals surface area contributed by atoms with Crippen LogP contribution in [0.5, 0.6) is 0 Å². The second kappa shape index (κ2) is 3.84. The van der Waals surface area contributed by atoms with E-state index >= 15 is 0 Å². The molecule has 0 aromatic carbocycles. The highest BCUT2D eigenvalue weighted by molar-refractivity contribution is 4.76. The van der Waals surface area contributed by atoms with E-state index in [9.17, 15) is 13.2 Å². The van der Waals surface area contributed by atoms with Crippen molar-refractivity contribution < 1.29 is 17.9 Å². The van der Waals surface area contributed by atoms with E-state index in [-0.39, 0.29) is 12.6 Å². The quantitative estimate of drug-likeness (QED) is 0.585. The van der Waals surface area contributed by atoms with Crippen LogP contribution in [0.4, 0.5) is 13.2 Å². The number of halogens is 3. The van der Waals surface area contributed by atoms with Gasteiger partial charge >= 0.3 is 6.18 Å². The number of likely N-dealkylation sites (N-methyl/N-ethyl adjacent to an activating group) is 1. The fourth-order valence-corrected chi connectivity index (χ4v) is 1.35. The van der Waals surface area contributed by atoms with Gasteiger partial charge in [-0.05, 0) is 20.4 Å². The van der Waals surface area contributed by atoms with Crippen molar-refractivity contribution >= 4 is 0 Å². The van der Waals surface area contributed by atoms with Crippen molar-refractivity contribution in [2.75, 3.05) is 20.1 Å². The van der Waals surface area contributed by atoms with E-state index in [0.717, 1.165) is 0 Å². The van der Waals surface area contributed by atoms with E-state index in [1.54, 1.807) is 18.9 Å². The van der Waals surface area contributed by atoms with Crippen molar-refractivity contribution in [1.29, 1.82) is 0 Å². The number of hydrogen-bond acceptors (Lipinski definition) is 2. The molecule has 1 aliphatic heterocycles. The third-order valence-corrected chi connectivity index (χ3v) is 2.16. The highest BCUT2D eigenvalue weighted by Gasteiger charge is 2.43. The fourth-order valence-electron chi connectivity index (χ4n) is 1.35. The normalized spacial score (nSPS) is 33.0. The molecule has 1 aliphatic rings. The molecule has 1 fully saturated rings. The summed E-state index contributed by atoms with van der Waals surface area (Å²) in [6.45, 7) is 2.28. The van der Waals surface area contributed by atoms with Crippen LogP contribution in [0.3, 0.4) is 0 Å². The minimum atomic E-state index is -4.24. The molecular formula is C8H14F3NO. The van der Waals surface area contributed by atoms with Crippen LogP contribution in [0, 0.1) is 0 Å². The maximum absolute atomic E-state index is 12.3. The Labute approximate surface area is 75.7 Å². The molecule has 0 N–H and O–H groups in total. The topological polar surface area (TPSA) is 12.5 Å². The second-order valence-corrected chi connectivity index (χ2v) is 3.53. The van der Waals surface area contributed by atoms with E-state index < -0.39 is 12.3 Å². The SMILES string of the molecule is CC1CCN(C)CC(C(F)(F)F)O1. The number of alkyl halides is 3. The Morgan fingerprint density at radius 3 is 2.54 bits per heavy atom. The number of ether oxygens (including phenoxy) is 1. The van der Waals surface area contributed by atoms with Crippen LogP contribution >= 0.6 is 0 Å². The lowest BCUT2D eigenvalue weighted by atomic mass is 10.3. The van der Waals surface area contributed by atoms with Crippen molar-refractivity contribution in [3.63, 3.8) is 0 Å². The van der Waals surface area contributed by atoms with Gasteiger partial charge in [0, 0.05) is 13.1 Å². The molecule has 2 atom stereocenters. The second-order valence-electron chi connectivity index (χ2n) is 3.53. The lowest BCUT2D eigenvalue weighted by Gasteiger charge is -2.23. The van der Waals surface area contributed by atoms with Crippen LogP contribution in [0.2, 0.25) is 0 Å². The molecule has 5 heteroatoms. The van der Waals surface area contributed by atoms with Gasteiger partial charge in [0.1, 0.15) is 0 Å². The molecular weight excluding hydrogens is 183 g/mol. The van der Waals surface area contributed by atoms with E-state index in [2.05, 4.69) is 0 Å². The Morgan fingerprint density at radius 2 is 2.00 bits per heavy atom. The third kappa shape index (κ3) is 3.15. The Balaban J connectivity index is 2.62. The molecule has 2 unspecified atom stereocenters. The molecule has 78 valence electrons. The molecule has 0 bridgehead atoms. The molecule has 1 rings (SSSR count). The molecule has 0 aromatic heterocycles. The van der Waals surface area contributed by atoms with Gasteiger partial charge in [0.25, 0.3) is 0 Å². The summed E-state index contributed by atoms with van der Waals surface area (Å²) in [5.41, 5.74) is 0. The third-order valence-electron chi connectivity index (χ3n) is 2.16. The molecule has 13 heavy (non-hydrogen) atoms. The van der Waals surface area contributed by atoms with Crippen molar-refractivity contribution in [3.05, 3.63) is 0 Å². The summed E-state index contributed by atoms with van der Waals surface area (Å²) < 4.78 is 41.8. The zero-order valence-corrected chi connectivity index (χ0v) is 7.77. The van der Waals surface area contributed by atoms with Gasteiger partial charge in [-0.1, -0.05) is 0 Å². The zero-order chi connectivity index (χ0) is 10.1. The van der Waals surface area contributed by atoms with Gasteiger partial charge < -0.3 is 9.64 Å². The van der Waals surface area contributed by atoms with Gasteiger partial charge in [0.2, 0.25) is 0 Å². The van der Waals surface area contributed by atoms with E-state index in [1.165, 1.54) is 0 Å². The standard InChI is InChI=1S/C8H14F3NO/c1-6-3-4-12(2)5-7(13-6)8(9,10)11/h6-7H,3-5H2,1-2H3. The zero-order valence-electron chi connectivity index (χ0n) is 7.77. The Bertz CT molecular complexity index is 159. The van der Waals surface area contributed by atoms with E-state index in [1.807, 2.05) is 0 Å². The van der Waals surface area contributed by atoms with Crippen LogP contribution < -0.4 is 0 Å². The molecule has 0 saturated carbocycles. The minimum Gasteiger partial charge on any atom is -0.364 e. The first-order valence-electron chi connectivity index (χ1n) is 4.30. The predicted octanol–water partition coefficient (Wildman–Crippen LogP) is 1.66. The highest BCUT2D eigenvalue weighted by Crippen LogP contribution is 2.26. The number of nitrogens with zero attached hydrogens (tertiary/aromatic N) is 1. The molecule has 0 spiro atoms. The number of hydrogen-bond donors (Lipinski definition) is 0. The summed E-state index contributed by atoms with van der Waals surface area (Å²) in [6.07, 6.45) is -5.53. The molecule has 0 aliphatic carbocycles. The molecule has 2 nitrogen and oxygen atoms in total. The van der Waals surface area contributed by atoms with Crippen molar-refractivity contribution in [2.45, 2.75) is 31.7 Å². The summed E-state index contributed by atoms with van der Waals surface area (Å²) >= 11 is 0. The summed E-state index contributed by atoms with van der Waals surface area (Å²) in [6, 6.07) is 0. The van der Waals surface area contributed by atoms with Crippen molar-refractivity contribution in [1.82, 2.24) is 4.90 Å². The molecule has 0 aromatic rings. The van der Waals surface area contributed by atoms with Gasteiger partial charge in [-0.2, -0.15) is 13.2 Å².